The van der Waals surface area contributed by atoms with E-state index in [0.29, 0.717) is 86.0 Å². The number of nitrogens with zero attached hydrogens (tertiary/aromatic N) is 8. The minimum atomic E-state index is -0.940. The van der Waals surface area contributed by atoms with Crippen LogP contribution in [-0.4, -0.2) is 89.2 Å². The Morgan fingerprint density at radius 3 is 1.21 bits per heavy atom. The molecule has 0 saturated heterocycles. The van der Waals surface area contributed by atoms with Crippen molar-refractivity contribution in [3.8, 4) is 0 Å². The van der Waals surface area contributed by atoms with Crippen LogP contribution in [0.25, 0.3) is 0 Å². The zero-order valence-electron chi connectivity index (χ0n) is 76.5. The highest BCUT2D eigenvalue weighted by Gasteiger charge is 2.38. The van der Waals surface area contributed by atoms with Gasteiger partial charge in [-0.15, -0.1) is 15.3 Å². The van der Waals surface area contributed by atoms with Gasteiger partial charge < -0.3 is 56.3 Å². The number of aromatic nitrogens is 10. The first-order valence-corrected chi connectivity index (χ1v) is 49.1. The van der Waals surface area contributed by atoms with Crippen LogP contribution in [0.3, 0.4) is 0 Å². The molecule has 2 unspecified atom stereocenters. The molecule has 0 radical (unpaired) electrons. The van der Waals surface area contributed by atoms with E-state index in [-0.39, 0.29) is 116 Å². The predicted octanol–water partition coefficient (Wildman–Crippen LogP) is 24.5. The van der Waals surface area contributed by atoms with Crippen LogP contribution in [0.4, 0.5) is 30.7 Å². The first kappa shape index (κ1) is 109. The molecule has 3 aliphatic rings. The lowest BCUT2D eigenvalue weighted by Crippen LogP contribution is -2.41. The van der Waals surface area contributed by atoms with Crippen molar-refractivity contribution in [2.24, 2.45) is 14.1 Å². The van der Waals surface area contributed by atoms with E-state index >= 15 is 0 Å². The van der Waals surface area contributed by atoms with Gasteiger partial charge >= 0.3 is 0 Å². The number of halogens is 15. The lowest BCUT2D eigenvalue weighted by Gasteiger charge is -2.28. The molecule has 142 heavy (non-hydrogen) atoms. The number of carbonyl (C=O) groups excluding carboxylic acids is 7. The normalized spacial score (nSPS) is 12.7. The molecule has 8 aromatic carbocycles. The van der Waals surface area contributed by atoms with E-state index in [0.717, 1.165) is 107 Å². The SMILES string of the molecule is CC(C)(NC(=O)c1snnc1C1CC1)c1c(F)cccc1Cl.CC(NC(=O)c1snnc1C1CC1)c1c(F)cccc1Cl.Cc1cc[nH]c1C(=O)NCc1c(F)cccc1Cl.Cc1ccn(C)c1C(=O)NCc1c(F)cccc1Cl.Cn1c(Cl)ccc1C(=O)NCc1c(F)cccc1Cl.O=C(NC(c1ccccc1)c1c(F)cccc1Cl)c1snnc1C1CC1.O=C(NCc1c(F)cccc1Cl)c1ccc[nH]1. The number of aromatic amines is 2. The molecular weight excluding hydrogens is 2060 g/mol. The predicted molar refractivity (Wildman–Crippen MR) is 539 cm³/mol. The summed E-state index contributed by atoms with van der Waals surface area (Å²) in [6, 6.07) is 49.3. The summed E-state index contributed by atoms with van der Waals surface area (Å²) in [5.74, 6) is -4.11. The lowest BCUT2D eigenvalue weighted by molar-refractivity contribution is 0.0907. The van der Waals surface area contributed by atoms with Gasteiger partial charge in [0.05, 0.1) is 34.7 Å². The van der Waals surface area contributed by atoms with Gasteiger partial charge in [0, 0.05) is 151 Å². The topological polar surface area (TPSA) is 322 Å². The number of aryl methyl sites for hydroxylation is 3. The Hall–Kier alpha value is -12.3. The molecule has 9 N–H and O–H groups in total. The van der Waals surface area contributed by atoms with Gasteiger partial charge in [-0.25, -0.2) is 30.7 Å². The summed E-state index contributed by atoms with van der Waals surface area (Å²) < 4.78 is 111. The third kappa shape index (κ3) is 28.8. The Bertz CT molecular complexity index is 6840. The molecule has 7 aromatic heterocycles. The van der Waals surface area contributed by atoms with E-state index in [2.05, 4.69) is 75.9 Å². The first-order chi connectivity index (χ1) is 67.9. The fourth-order valence-corrected chi connectivity index (χ4v) is 18.4. The zero-order chi connectivity index (χ0) is 102. The minimum absolute atomic E-state index is 0.0210. The molecule has 3 saturated carbocycles. The lowest BCUT2D eigenvalue weighted by atomic mass is 9.93. The number of hydrogen-bond acceptors (Lipinski definition) is 16. The standard InChI is InChI=1S/C19H15ClFN3OS.C15H15ClFN3OS.C14H13ClFN3OS.C14H14ClFN2O.C13H11Cl2FN2O.C13H12ClFN2O.C12H10ClFN2O/c20-13-7-4-8-14(21)15(13)16(11-5-2-1-3-6-11)22-19(25)18-17(12-9-10-12)23-24-26-18;1-15(2,11-9(16)4-3-5-10(11)17)18-14(21)13-12(8-6-7-8)19-20-22-13;1-7(11-9(15)3-2-4-10(11)16)17-14(20)13-12(8-5-6-8)18-19-21-13;1-9-6-7-18(2)13(9)14(19)17-8-10-11(15)4-3-5-12(10)16;1-18-11(5-6-12(18)15)13(19)17-7-8-9(14)3-2-4-10(8)16;1-8-5-6-16-12(8)13(18)17-7-9-10(14)3-2-4-11(9)15;13-9-3-1-4-10(14)8(9)7-16-12(17)11-5-2-6-15-11/h1-8,12,16H,9-10H2,(H,22,25);3-5,8H,6-7H2,1-2H3,(H,18,21);2-4,7-8H,5-6H2,1H3,(H,17,20);3-7H,8H2,1-2H3,(H,17,19);2-6H,7H2,1H3,(H,17,19);2-6,16H,7H2,1H3,(H,17,18);1-6,15H,7H2,(H,16,17). The summed E-state index contributed by atoms with van der Waals surface area (Å²) in [5.41, 5.74) is 7.57. The first-order valence-electron chi connectivity index (χ1n) is 43.7. The van der Waals surface area contributed by atoms with E-state index in [4.69, 9.17) is 92.8 Å². The van der Waals surface area contributed by atoms with Gasteiger partial charge in [-0.2, -0.15) is 0 Å². The van der Waals surface area contributed by atoms with Gasteiger partial charge in [-0.1, -0.05) is 179 Å². The Balaban J connectivity index is 0.000000149. The number of hydrogen-bond donors (Lipinski definition) is 9. The summed E-state index contributed by atoms with van der Waals surface area (Å²) in [4.78, 5) is 92.2. The molecular formula is C100H90Cl8F7N17O7S3. The van der Waals surface area contributed by atoms with Crippen LogP contribution in [0.5, 0.6) is 0 Å². The third-order valence-corrected chi connectivity index (χ3v) is 27.3. The zero-order valence-corrected chi connectivity index (χ0v) is 85.0. The van der Waals surface area contributed by atoms with Crippen molar-refractivity contribution in [3.05, 3.63) is 404 Å². The maximum Gasteiger partial charge on any atom is 0.268 e. The number of benzene rings is 8. The number of rotatable bonds is 25. The van der Waals surface area contributed by atoms with Gasteiger partial charge in [0.2, 0.25) is 0 Å². The van der Waals surface area contributed by atoms with Gasteiger partial charge in [-0.05, 0) is 246 Å². The quantitative estimate of drug-likeness (QED) is 0.0241. The average molecular weight is 2150 g/mol. The van der Waals surface area contributed by atoms with E-state index in [1.54, 1.807) is 141 Å². The summed E-state index contributed by atoms with van der Waals surface area (Å²) in [5, 5.41) is 33.7. The molecule has 0 aliphatic heterocycles. The molecule has 0 spiro atoms. The van der Waals surface area contributed by atoms with Crippen LogP contribution in [0.1, 0.15) is 233 Å². The molecule has 24 nitrogen and oxygen atoms in total. The van der Waals surface area contributed by atoms with Gasteiger partial charge in [0.25, 0.3) is 41.4 Å². The van der Waals surface area contributed by atoms with Crippen molar-refractivity contribution in [2.75, 3.05) is 0 Å². The summed E-state index contributed by atoms with van der Waals surface area (Å²) in [7, 11) is 3.46. The third-order valence-electron chi connectivity index (χ3n) is 22.3. The van der Waals surface area contributed by atoms with Crippen LogP contribution in [0.15, 0.2) is 213 Å². The van der Waals surface area contributed by atoms with Crippen molar-refractivity contribution < 1.29 is 64.3 Å². The van der Waals surface area contributed by atoms with Crippen molar-refractivity contribution in [1.82, 2.24) is 85.1 Å². The second kappa shape index (κ2) is 50.6. The van der Waals surface area contributed by atoms with Gasteiger partial charge in [0.1, 0.15) is 83.3 Å². The Kier molecular flexibility index (Phi) is 38.6. The highest BCUT2D eigenvalue weighted by molar-refractivity contribution is 7.08. The highest BCUT2D eigenvalue weighted by atomic mass is 35.5. The molecule has 0 bridgehead atoms. The van der Waals surface area contributed by atoms with E-state index in [9.17, 15) is 64.3 Å². The summed E-state index contributed by atoms with van der Waals surface area (Å²) in [6.45, 7) is 9.02. The van der Waals surface area contributed by atoms with Crippen LogP contribution >= 0.6 is 127 Å². The van der Waals surface area contributed by atoms with Crippen molar-refractivity contribution >= 4 is 169 Å². The fourth-order valence-electron chi connectivity index (χ4n) is 14.4. The second-order valence-corrected chi connectivity index (χ2v) is 38.5. The number of nitrogens with one attached hydrogen (secondary N) is 9. The number of amides is 7. The average Bonchev–Trinajstić information content (AvgIpc) is 1.60. The van der Waals surface area contributed by atoms with Crippen molar-refractivity contribution in [3.63, 3.8) is 0 Å². The molecule has 18 rings (SSSR count). The monoisotopic (exact) mass is 2150 g/mol. The number of carbonyl (C=O) groups is 7. The highest BCUT2D eigenvalue weighted by Crippen LogP contribution is 2.45. The molecule has 3 aliphatic carbocycles. The van der Waals surface area contributed by atoms with Gasteiger partial charge in [0.15, 0.2) is 0 Å². The van der Waals surface area contributed by atoms with Crippen molar-refractivity contribution in [1.29, 1.82) is 0 Å². The van der Waals surface area contributed by atoms with Crippen LogP contribution in [-0.2, 0) is 45.8 Å². The maximum absolute atomic E-state index is 14.5. The molecule has 42 heteroatoms. The van der Waals surface area contributed by atoms with Crippen molar-refractivity contribution in [2.45, 2.75) is 135 Å². The Labute approximate surface area is 864 Å². The molecule has 3 fully saturated rings. The van der Waals surface area contributed by atoms with Crippen LogP contribution < -0.4 is 37.2 Å². The van der Waals surface area contributed by atoms with E-state index in [1.165, 1.54) is 78.9 Å². The van der Waals surface area contributed by atoms with Crippen LogP contribution in [0.2, 0.25) is 40.3 Å². The van der Waals surface area contributed by atoms with Gasteiger partial charge in [-0.3, -0.25) is 33.6 Å². The maximum atomic E-state index is 14.5. The molecule has 7 amide bonds. The molecule has 2 atom stereocenters. The smallest absolute Gasteiger partial charge is 0.268 e. The van der Waals surface area contributed by atoms with Crippen LogP contribution in [0, 0.1) is 54.6 Å². The molecule has 740 valence electrons. The summed E-state index contributed by atoms with van der Waals surface area (Å²) >= 11 is 50.9. The summed E-state index contributed by atoms with van der Waals surface area (Å²) in [6.07, 6.45) is 11.3. The Morgan fingerprint density at radius 1 is 0.408 bits per heavy atom. The number of H-pyrrole nitrogens is 2. The Morgan fingerprint density at radius 2 is 0.817 bits per heavy atom. The largest absolute Gasteiger partial charge is 0.357 e. The van der Waals surface area contributed by atoms with E-state index in [1.807, 2.05) is 50.2 Å². The minimum Gasteiger partial charge on any atom is -0.357 e. The second-order valence-electron chi connectivity index (χ2n) is 33.0. The molecule has 15 aromatic rings. The molecule has 7 heterocycles. The van der Waals surface area contributed by atoms with E-state index < -0.39 is 58.3 Å². The fraction of sp³-hybridized carbons (Fsp3) is 0.230.